The molecule has 0 amide bonds. The Morgan fingerprint density at radius 1 is 1.32 bits per heavy atom. The van der Waals surface area contributed by atoms with Crippen LogP contribution in [0.5, 0.6) is 0 Å². The van der Waals surface area contributed by atoms with Crippen molar-refractivity contribution in [1.29, 1.82) is 0 Å². The number of benzene rings is 1. The van der Waals surface area contributed by atoms with E-state index in [1.165, 1.54) is 25.9 Å². The summed E-state index contributed by atoms with van der Waals surface area (Å²) in [4.78, 5) is 2.53. The molecule has 0 spiro atoms. The van der Waals surface area contributed by atoms with E-state index in [9.17, 15) is 4.39 Å². The van der Waals surface area contributed by atoms with Crippen LogP contribution in [0.2, 0.25) is 0 Å². The first-order valence-corrected chi connectivity index (χ1v) is 7.33. The second kappa shape index (κ2) is 7.01. The van der Waals surface area contributed by atoms with Crippen LogP contribution in [0.25, 0.3) is 0 Å². The Morgan fingerprint density at radius 2 is 2.05 bits per heavy atom. The van der Waals surface area contributed by atoms with Crippen LogP contribution in [-0.4, -0.2) is 31.1 Å². The number of halogens is 1. The highest BCUT2D eigenvalue weighted by Gasteiger charge is 2.14. The highest BCUT2D eigenvalue weighted by molar-refractivity contribution is 5.23. The molecular weight excluding hydrogens is 239 g/mol. The Kier molecular flexibility index (Phi) is 5.34. The summed E-state index contributed by atoms with van der Waals surface area (Å²) in [5.41, 5.74) is 1.88. The van der Waals surface area contributed by atoms with Crippen LogP contribution in [0, 0.1) is 18.7 Å². The van der Waals surface area contributed by atoms with E-state index in [1.807, 2.05) is 19.1 Å². The standard InChI is InChI=1S/C16H25FN2/c1-13-5-8-19(9-6-13)10-7-18-12-15-3-4-16(17)14(2)11-15/h3-4,11,13,18H,5-10,12H2,1-2H3. The summed E-state index contributed by atoms with van der Waals surface area (Å²) in [6.07, 6.45) is 2.66. The minimum absolute atomic E-state index is 0.119. The first kappa shape index (κ1) is 14.5. The SMILES string of the molecule is Cc1cc(CNCCN2CCC(C)CC2)ccc1F. The number of nitrogens with zero attached hydrogens (tertiary/aromatic N) is 1. The van der Waals surface area contributed by atoms with Gasteiger partial charge in [0, 0.05) is 19.6 Å². The summed E-state index contributed by atoms with van der Waals surface area (Å²) in [7, 11) is 0. The van der Waals surface area contributed by atoms with Crippen molar-refractivity contribution in [3.05, 3.63) is 35.1 Å². The fourth-order valence-electron chi connectivity index (χ4n) is 2.57. The molecule has 1 fully saturated rings. The van der Waals surface area contributed by atoms with Gasteiger partial charge in [0.15, 0.2) is 0 Å². The third kappa shape index (κ3) is 4.59. The van der Waals surface area contributed by atoms with Crippen molar-refractivity contribution < 1.29 is 4.39 Å². The van der Waals surface area contributed by atoms with Gasteiger partial charge in [-0.25, -0.2) is 4.39 Å². The second-order valence-electron chi connectivity index (χ2n) is 5.78. The number of likely N-dealkylation sites (tertiary alicyclic amines) is 1. The van der Waals surface area contributed by atoms with Crippen LogP contribution in [-0.2, 0) is 6.54 Å². The minimum Gasteiger partial charge on any atom is -0.311 e. The molecule has 1 saturated heterocycles. The van der Waals surface area contributed by atoms with E-state index in [1.54, 1.807) is 6.07 Å². The van der Waals surface area contributed by atoms with Gasteiger partial charge < -0.3 is 10.2 Å². The van der Waals surface area contributed by atoms with Gasteiger partial charge in [0.05, 0.1) is 0 Å². The Balaban J connectivity index is 1.65. The monoisotopic (exact) mass is 264 g/mol. The maximum absolute atomic E-state index is 13.1. The number of aryl methyl sites for hydroxylation is 1. The van der Waals surface area contributed by atoms with E-state index >= 15 is 0 Å². The van der Waals surface area contributed by atoms with Gasteiger partial charge >= 0.3 is 0 Å². The van der Waals surface area contributed by atoms with Gasteiger partial charge in [-0.2, -0.15) is 0 Å². The molecule has 0 atom stereocenters. The topological polar surface area (TPSA) is 15.3 Å². The van der Waals surface area contributed by atoms with Crippen LogP contribution in [0.4, 0.5) is 4.39 Å². The second-order valence-corrected chi connectivity index (χ2v) is 5.78. The Bertz CT molecular complexity index is 398. The Morgan fingerprint density at radius 3 is 2.74 bits per heavy atom. The van der Waals surface area contributed by atoms with Gasteiger partial charge in [-0.15, -0.1) is 0 Å². The van der Waals surface area contributed by atoms with E-state index in [0.717, 1.165) is 36.7 Å². The van der Waals surface area contributed by atoms with Gasteiger partial charge in [-0.05, 0) is 56.0 Å². The maximum atomic E-state index is 13.1. The molecule has 1 N–H and O–H groups in total. The molecule has 1 aromatic rings. The molecule has 1 aromatic carbocycles. The molecular formula is C16H25FN2. The molecule has 1 aliphatic rings. The van der Waals surface area contributed by atoms with Crippen LogP contribution in [0.3, 0.4) is 0 Å². The highest BCUT2D eigenvalue weighted by atomic mass is 19.1. The lowest BCUT2D eigenvalue weighted by Gasteiger charge is -2.30. The van der Waals surface area contributed by atoms with Crippen molar-refractivity contribution in [3.63, 3.8) is 0 Å². The number of hydrogen-bond acceptors (Lipinski definition) is 2. The molecule has 0 aromatic heterocycles. The number of hydrogen-bond donors (Lipinski definition) is 1. The van der Waals surface area contributed by atoms with E-state index in [0.29, 0.717) is 0 Å². The molecule has 0 aliphatic carbocycles. The predicted molar refractivity (Wildman–Crippen MR) is 77.7 cm³/mol. The summed E-state index contributed by atoms with van der Waals surface area (Å²) < 4.78 is 13.1. The van der Waals surface area contributed by atoms with Crippen molar-refractivity contribution in [2.75, 3.05) is 26.2 Å². The van der Waals surface area contributed by atoms with Crippen LogP contribution < -0.4 is 5.32 Å². The number of rotatable bonds is 5. The molecule has 2 rings (SSSR count). The lowest BCUT2D eigenvalue weighted by Crippen LogP contribution is -2.37. The molecule has 2 nitrogen and oxygen atoms in total. The third-order valence-electron chi connectivity index (χ3n) is 4.03. The van der Waals surface area contributed by atoms with Gasteiger partial charge in [-0.3, -0.25) is 0 Å². The minimum atomic E-state index is -0.119. The molecule has 0 unspecified atom stereocenters. The number of piperidine rings is 1. The molecule has 1 aliphatic heterocycles. The summed E-state index contributed by atoms with van der Waals surface area (Å²) in [6.45, 7) is 9.57. The smallest absolute Gasteiger partial charge is 0.126 e. The lowest BCUT2D eigenvalue weighted by atomic mass is 9.99. The van der Waals surface area contributed by atoms with Crippen molar-refractivity contribution in [3.8, 4) is 0 Å². The first-order valence-electron chi connectivity index (χ1n) is 7.33. The normalized spacial score (nSPS) is 17.8. The van der Waals surface area contributed by atoms with Crippen molar-refractivity contribution >= 4 is 0 Å². The van der Waals surface area contributed by atoms with Gasteiger partial charge in [0.1, 0.15) is 5.82 Å². The van der Waals surface area contributed by atoms with E-state index in [4.69, 9.17) is 0 Å². The zero-order chi connectivity index (χ0) is 13.7. The fraction of sp³-hybridized carbons (Fsp3) is 0.625. The fourth-order valence-corrected chi connectivity index (χ4v) is 2.57. The van der Waals surface area contributed by atoms with Gasteiger partial charge in [0.2, 0.25) is 0 Å². The van der Waals surface area contributed by atoms with E-state index in [-0.39, 0.29) is 5.82 Å². The average molecular weight is 264 g/mol. The third-order valence-corrected chi connectivity index (χ3v) is 4.03. The van der Waals surface area contributed by atoms with Crippen molar-refractivity contribution in [2.45, 2.75) is 33.2 Å². The van der Waals surface area contributed by atoms with Crippen molar-refractivity contribution in [2.24, 2.45) is 5.92 Å². The van der Waals surface area contributed by atoms with Crippen LogP contribution in [0.1, 0.15) is 30.9 Å². The Labute approximate surface area is 116 Å². The lowest BCUT2D eigenvalue weighted by molar-refractivity contribution is 0.193. The molecule has 106 valence electrons. The zero-order valence-electron chi connectivity index (χ0n) is 12.1. The largest absolute Gasteiger partial charge is 0.311 e. The number of nitrogens with one attached hydrogen (secondary N) is 1. The van der Waals surface area contributed by atoms with E-state index in [2.05, 4.69) is 17.1 Å². The average Bonchev–Trinajstić information content (AvgIpc) is 2.41. The summed E-state index contributed by atoms with van der Waals surface area (Å²) >= 11 is 0. The maximum Gasteiger partial charge on any atom is 0.126 e. The molecule has 1 heterocycles. The molecule has 0 radical (unpaired) electrons. The summed E-state index contributed by atoms with van der Waals surface area (Å²) in [5, 5.41) is 3.44. The van der Waals surface area contributed by atoms with Crippen molar-refractivity contribution in [1.82, 2.24) is 10.2 Å². The Hall–Kier alpha value is -0.930. The summed E-state index contributed by atoms with van der Waals surface area (Å²) in [5.74, 6) is 0.776. The molecule has 19 heavy (non-hydrogen) atoms. The van der Waals surface area contributed by atoms with Crippen LogP contribution >= 0.6 is 0 Å². The van der Waals surface area contributed by atoms with Gasteiger partial charge in [0.25, 0.3) is 0 Å². The van der Waals surface area contributed by atoms with E-state index < -0.39 is 0 Å². The molecule has 3 heteroatoms. The summed E-state index contributed by atoms with van der Waals surface area (Å²) in [6, 6.07) is 5.33. The van der Waals surface area contributed by atoms with Crippen LogP contribution in [0.15, 0.2) is 18.2 Å². The predicted octanol–water partition coefficient (Wildman–Crippen LogP) is 2.96. The molecule has 0 saturated carbocycles. The highest BCUT2D eigenvalue weighted by Crippen LogP contribution is 2.15. The molecule has 0 bridgehead atoms. The first-order chi connectivity index (χ1) is 9.15. The quantitative estimate of drug-likeness (QED) is 0.823. The van der Waals surface area contributed by atoms with Gasteiger partial charge in [-0.1, -0.05) is 19.1 Å². The zero-order valence-corrected chi connectivity index (χ0v) is 12.1.